The fourth-order valence-electron chi connectivity index (χ4n) is 2.41. The Labute approximate surface area is 120 Å². The SMILES string of the molecule is C=CCC(NCCN1CCOCC1)c1sccc1C. The molecule has 1 saturated heterocycles. The Balaban J connectivity index is 1.80. The first-order chi connectivity index (χ1) is 9.31. The average molecular weight is 280 g/mol. The van der Waals surface area contributed by atoms with Crippen molar-refractivity contribution in [3.8, 4) is 0 Å². The molecule has 1 aromatic heterocycles. The lowest BCUT2D eigenvalue weighted by Crippen LogP contribution is -2.40. The van der Waals surface area contributed by atoms with Crippen molar-refractivity contribution in [1.29, 1.82) is 0 Å². The Bertz CT molecular complexity index is 385. The van der Waals surface area contributed by atoms with Gasteiger partial charge in [-0.15, -0.1) is 17.9 Å². The van der Waals surface area contributed by atoms with Gasteiger partial charge in [0.2, 0.25) is 0 Å². The van der Waals surface area contributed by atoms with Crippen LogP contribution < -0.4 is 5.32 Å². The molecule has 1 unspecified atom stereocenters. The maximum Gasteiger partial charge on any atom is 0.0594 e. The molecule has 1 atom stereocenters. The number of nitrogens with one attached hydrogen (secondary N) is 1. The highest BCUT2D eigenvalue weighted by Gasteiger charge is 2.14. The zero-order valence-electron chi connectivity index (χ0n) is 11.7. The molecule has 0 bridgehead atoms. The van der Waals surface area contributed by atoms with Crippen LogP contribution in [0.1, 0.15) is 22.9 Å². The summed E-state index contributed by atoms with van der Waals surface area (Å²) in [5.41, 5.74) is 1.38. The Kier molecular flexibility index (Phi) is 6.04. The van der Waals surface area contributed by atoms with Crippen molar-refractivity contribution < 1.29 is 4.74 Å². The lowest BCUT2D eigenvalue weighted by molar-refractivity contribution is 0.0381. The molecule has 0 radical (unpaired) electrons. The monoisotopic (exact) mass is 280 g/mol. The van der Waals surface area contributed by atoms with Crippen LogP contribution in [0.25, 0.3) is 0 Å². The van der Waals surface area contributed by atoms with Crippen LogP contribution in [0.5, 0.6) is 0 Å². The van der Waals surface area contributed by atoms with Gasteiger partial charge < -0.3 is 10.1 Å². The molecule has 1 aliphatic heterocycles. The fourth-order valence-corrected chi connectivity index (χ4v) is 3.43. The summed E-state index contributed by atoms with van der Waals surface area (Å²) in [7, 11) is 0. The minimum atomic E-state index is 0.415. The molecule has 2 heterocycles. The zero-order valence-corrected chi connectivity index (χ0v) is 12.5. The van der Waals surface area contributed by atoms with E-state index in [0.717, 1.165) is 45.8 Å². The predicted molar refractivity (Wildman–Crippen MR) is 81.9 cm³/mol. The first-order valence-electron chi connectivity index (χ1n) is 6.99. The summed E-state index contributed by atoms with van der Waals surface area (Å²) in [4.78, 5) is 3.91. The van der Waals surface area contributed by atoms with Gasteiger partial charge in [0.1, 0.15) is 0 Å². The molecule has 0 spiro atoms. The van der Waals surface area contributed by atoms with E-state index >= 15 is 0 Å². The van der Waals surface area contributed by atoms with Crippen LogP contribution in [0.4, 0.5) is 0 Å². The molecule has 0 amide bonds. The molecule has 1 aromatic rings. The summed E-state index contributed by atoms with van der Waals surface area (Å²) < 4.78 is 5.37. The summed E-state index contributed by atoms with van der Waals surface area (Å²) in [6.07, 6.45) is 3.00. The molecular formula is C15H24N2OS. The third-order valence-corrected chi connectivity index (χ3v) is 4.68. The number of nitrogens with zero attached hydrogens (tertiary/aromatic N) is 1. The predicted octanol–water partition coefficient (Wildman–Crippen LogP) is 2.60. The largest absolute Gasteiger partial charge is 0.379 e. The van der Waals surface area contributed by atoms with E-state index in [0.29, 0.717) is 6.04 Å². The fraction of sp³-hybridized carbons (Fsp3) is 0.600. The van der Waals surface area contributed by atoms with Crippen LogP contribution in [-0.4, -0.2) is 44.3 Å². The number of thiophene rings is 1. The summed E-state index contributed by atoms with van der Waals surface area (Å²) >= 11 is 1.84. The molecule has 4 heteroatoms. The third-order valence-electron chi connectivity index (χ3n) is 3.54. The van der Waals surface area contributed by atoms with E-state index in [4.69, 9.17) is 4.74 Å². The number of hydrogen-bond donors (Lipinski definition) is 1. The van der Waals surface area contributed by atoms with Gasteiger partial charge in [0.25, 0.3) is 0 Å². The van der Waals surface area contributed by atoms with Crippen molar-refractivity contribution in [2.24, 2.45) is 0 Å². The Morgan fingerprint density at radius 2 is 2.32 bits per heavy atom. The van der Waals surface area contributed by atoms with Gasteiger partial charge in [-0.1, -0.05) is 6.08 Å². The summed E-state index contributed by atoms with van der Waals surface area (Å²) in [6.45, 7) is 12.1. The van der Waals surface area contributed by atoms with Crippen LogP contribution in [0, 0.1) is 6.92 Å². The van der Waals surface area contributed by atoms with E-state index < -0.39 is 0 Å². The molecule has 1 fully saturated rings. The number of aryl methyl sites for hydroxylation is 1. The van der Waals surface area contributed by atoms with E-state index in [1.807, 2.05) is 17.4 Å². The van der Waals surface area contributed by atoms with Crippen molar-refractivity contribution in [1.82, 2.24) is 10.2 Å². The normalized spacial score (nSPS) is 18.4. The summed E-state index contributed by atoms with van der Waals surface area (Å²) in [6, 6.07) is 2.61. The van der Waals surface area contributed by atoms with E-state index in [1.165, 1.54) is 10.4 Å². The minimum Gasteiger partial charge on any atom is -0.379 e. The molecule has 0 aliphatic carbocycles. The van der Waals surface area contributed by atoms with Crippen LogP contribution in [0.15, 0.2) is 24.1 Å². The highest BCUT2D eigenvalue weighted by molar-refractivity contribution is 7.10. The van der Waals surface area contributed by atoms with Gasteiger partial charge in [-0.2, -0.15) is 0 Å². The van der Waals surface area contributed by atoms with Crippen molar-refractivity contribution >= 4 is 11.3 Å². The van der Waals surface area contributed by atoms with E-state index in [-0.39, 0.29) is 0 Å². The number of rotatable bonds is 7. The molecular weight excluding hydrogens is 256 g/mol. The maximum atomic E-state index is 5.37. The molecule has 106 valence electrons. The van der Waals surface area contributed by atoms with Crippen LogP contribution in [0.2, 0.25) is 0 Å². The number of ether oxygens (including phenoxy) is 1. The van der Waals surface area contributed by atoms with Crippen LogP contribution in [0.3, 0.4) is 0 Å². The quantitative estimate of drug-likeness (QED) is 0.777. The van der Waals surface area contributed by atoms with Gasteiger partial charge in [-0.3, -0.25) is 4.90 Å². The molecule has 0 saturated carbocycles. The van der Waals surface area contributed by atoms with Crippen molar-refractivity contribution in [2.45, 2.75) is 19.4 Å². The number of morpholine rings is 1. The Hall–Kier alpha value is -0.680. The number of hydrogen-bond acceptors (Lipinski definition) is 4. The Morgan fingerprint density at radius 1 is 1.53 bits per heavy atom. The summed E-state index contributed by atoms with van der Waals surface area (Å²) in [5.74, 6) is 0. The molecule has 0 aromatic carbocycles. The minimum absolute atomic E-state index is 0.415. The van der Waals surface area contributed by atoms with Gasteiger partial charge in [-0.25, -0.2) is 0 Å². The first kappa shape index (κ1) is 14.7. The molecule has 1 N–H and O–H groups in total. The van der Waals surface area contributed by atoms with Gasteiger partial charge in [0, 0.05) is 37.1 Å². The van der Waals surface area contributed by atoms with E-state index in [2.05, 4.69) is 35.2 Å². The maximum absolute atomic E-state index is 5.37. The van der Waals surface area contributed by atoms with Gasteiger partial charge in [-0.05, 0) is 30.4 Å². The highest BCUT2D eigenvalue weighted by atomic mass is 32.1. The topological polar surface area (TPSA) is 24.5 Å². The lowest BCUT2D eigenvalue weighted by atomic mass is 10.1. The second-order valence-electron chi connectivity index (χ2n) is 4.95. The zero-order chi connectivity index (χ0) is 13.5. The first-order valence-corrected chi connectivity index (χ1v) is 7.87. The van der Waals surface area contributed by atoms with Crippen molar-refractivity contribution in [3.05, 3.63) is 34.5 Å². The Morgan fingerprint density at radius 3 is 2.95 bits per heavy atom. The van der Waals surface area contributed by atoms with Gasteiger partial charge in [0.05, 0.1) is 13.2 Å². The van der Waals surface area contributed by atoms with E-state index in [9.17, 15) is 0 Å². The molecule has 1 aliphatic rings. The molecule has 3 nitrogen and oxygen atoms in total. The second-order valence-corrected chi connectivity index (χ2v) is 5.90. The van der Waals surface area contributed by atoms with Crippen LogP contribution >= 0.6 is 11.3 Å². The van der Waals surface area contributed by atoms with Gasteiger partial charge >= 0.3 is 0 Å². The standard InChI is InChI=1S/C15H24N2OS/c1-3-4-14(15-13(2)5-12-19-15)16-6-7-17-8-10-18-11-9-17/h3,5,12,14,16H,1,4,6-11H2,2H3. The second kappa shape index (κ2) is 7.80. The van der Waals surface area contributed by atoms with Crippen molar-refractivity contribution in [2.75, 3.05) is 39.4 Å². The van der Waals surface area contributed by atoms with Gasteiger partial charge in [0.15, 0.2) is 0 Å². The molecule has 2 rings (SSSR count). The lowest BCUT2D eigenvalue weighted by Gasteiger charge is -2.27. The smallest absolute Gasteiger partial charge is 0.0594 e. The van der Waals surface area contributed by atoms with Crippen molar-refractivity contribution in [3.63, 3.8) is 0 Å². The highest BCUT2D eigenvalue weighted by Crippen LogP contribution is 2.26. The van der Waals surface area contributed by atoms with E-state index in [1.54, 1.807) is 0 Å². The average Bonchev–Trinajstić information content (AvgIpc) is 2.85. The molecule has 19 heavy (non-hydrogen) atoms. The summed E-state index contributed by atoms with van der Waals surface area (Å²) in [5, 5.41) is 5.84. The third kappa shape index (κ3) is 4.42. The van der Waals surface area contributed by atoms with Crippen LogP contribution in [-0.2, 0) is 4.74 Å².